The summed E-state index contributed by atoms with van der Waals surface area (Å²) in [7, 11) is 0. The molecular weight excluding hydrogens is 257 g/mol. The van der Waals surface area contributed by atoms with Crippen molar-refractivity contribution < 1.29 is 0 Å². The summed E-state index contributed by atoms with van der Waals surface area (Å²) in [6.45, 7) is 4.15. The summed E-state index contributed by atoms with van der Waals surface area (Å²) < 4.78 is 0. The minimum atomic E-state index is 0.309. The molecule has 90 valence electrons. The van der Waals surface area contributed by atoms with Crippen LogP contribution in [0.1, 0.15) is 25.5 Å². The molecule has 1 aromatic carbocycles. The lowest BCUT2D eigenvalue weighted by molar-refractivity contribution is 0.812. The van der Waals surface area contributed by atoms with Crippen molar-refractivity contribution in [3.63, 3.8) is 0 Å². The molecule has 17 heavy (non-hydrogen) atoms. The smallest absolute Gasteiger partial charge is 0.153 e. The van der Waals surface area contributed by atoms with Crippen molar-refractivity contribution in [2.45, 2.75) is 19.8 Å². The van der Waals surface area contributed by atoms with Gasteiger partial charge in [-0.3, -0.25) is 5.10 Å². The Hall–Kier alpha value is -1.19. The lowest BCUT2D eigenvalue weighted by Gasteiger charge is -2.08. The summed E-state index contributed by atoms with van der Waals surface area (Å²) in [6.07, 6.45) is 0. The van der Waals surface area contributed by atoms with Crippen LogP contribution in [0.5, 0.6) is 0 Å². The Labute approximate surface area is 110 Å². The molecule has 2 aromatic rings. The summed E-state index contributed by atoms with van der Waals surface area (Å²) in [5, 5.41) is 8.04. The van der Waals surface area contributed by atoms with Crippen molar-refractivity contribution in [1.29, 1.82) is 0 Å². The summed E-state index contributed by atoms with van der Waals surface area (Å²) in [4.78, 5) is 0. The highest BCUT2D eigenvalue weighted by molar-refractivity contribution is 6.42. The number of benzene rings is 1. The van der Waals surface area contributed by atoms with Crippen LogP contribution in [0.4, 0.5) is 5.82 Å². The van der Waals surface area contributed by atoms with Crippen molar-refractivity contribution >= 4 is 29.0 Å². The van der Waals surface area contributed by atoms with Gasteiger partial charge in [0.15, 0.2) is 5.82 Å². The standard InChI is InChI=1S/C12H13Cl2N3/c1-6(2)11-10(12(15)17-16-11)7-3-4-8(13)9(14)5-7/h3-6H,1-2H3,(H3,15,16,17). The van der Waals surface area contributed by atoms with Gasteiger partial charge in [-0.25, -0.2) is 0 Å². The van der Waals surface area contributed by atoms with E-state index in [4.69, 9.17) is 28.9 Å². The van der Waals surface area contributed by atoms with E-state index in [0.29, 0.717) is 21.8 Å². The van der Waals surface area contributed by atoms with E-state index in [1.165, 1.54) is 0 Å². The highest BCUT2D eigenvalue weighted by Gasteiger charge is 2.16. The van der Waals surface area contributed by atoms with Crippen LogP contribution in [-0.4, -0.2) is 10.2 Å². The van der Waals surface area contributed by atoms with Gasteiger partial charge < -0.3 is 5.73 Å². The topological polar surface area (TPSA) is 54.7 Å². The average Bonchev–Trinajstić information content (AvgIpc) is 2.64. The van der Waals surface area contributed by atoms with Crippen LogP contribution in [0.15, 0.2) is 18.2 Å². The van der Waals surface area contributed by atoms with E-state index < -0.39 is 0 Å². The maximum absolute atomic E-state index is 6.01. The molecule has 0 fully saturated rings. The van der Waals surface area contributed by atoms with Crippen molar-refractivity contribution in [2.24, 2.45) is 0 Å². The van der Waals surface area contributed by atoms with Crippen LogP contribution in [0, 0.1) is 0 Å². The first-order valence-electron chi connectivity index (χ1n) is 5.30. The molecule has 0 spiro atoms. The number of hydrogen-bond donors (Lipinski definition) is 2. The summed E-state index contributed by atoms with van der Waals surface area (Å²) in [5.41, 5.74) is 8.71. The summed E-state index contributed by atoms with van der Waals surface area (Å²) in [5.74, 6) is 0.788. The first-order valence-corrected chi connectivity index (χ1v) is 6.05. The van der Waals surface area contributed by atoms with E-state index in [1.807, 2.05) is 6.07 Å². The zero-order chi connectivity index (χ0) is 12.6. The second-order valence-corrected chi connectivity index (χ2v) is 5.00. The van der Waals surface area contributed by atoms with Gasteiger partial charge in [0.1, 0.15) is 0 Å². The summed E-state index contributed by atoms with van der Waals surface area (Å²) in [6, 6.07) is 5.45. The molecule has 0 unspecified atom stereocenters. The molecule has 0 aliphatic carbocycles. The highest BCUT2D eigenvalue weighted by Crippen LogP contribution is 2.35. The van der Waals surface area contributed by atoms with Gasteiger partial charge in [0.05, 0.1) is 10.0 Å². The molecule has 1 heterocycles. The van der Waals surface area contributed by atoms with Gasteiger partial charge in [0.2, 0.25) is 0 Å². The van der Waals surface area contributed by atoms with Crippen molar-refractivity contribution in [3.05, 3.63) is 33.9 Å². The Morgan fingerprint density at radius 2 is 1.94 bits per heavy atom. The largest absolute Gasteiger partial charge is 0.382 e. The van der Waals surface area contributed by atoms with Crippen LogP contribution in [0.25, 0.3) is 11.1 Å². The second kappa shape index (κ2) is 4.59. The Balaban J connectivity index is 2.59. The number of anilines is 1. The summed E-state index contributed by atoms with van der Waals surface area (Å²) >= 11 is 11.9. The molecule has 0 aliphatic rings. The number of aromatic nitrogens is 2. The average molecular weight is 270 g/mol. The molecule has 0 bridgehead atoms. The SMILES string of the molecule is CC(C)c1[nH]nc(N)c1-c1ccc(Cl)c(Cl)c1. The molecule has 3 N–H and O–H groups in total. The van der Waals surface area contributed by atoms with E-state index >= 15 is 0 Å². The third kappa shape index (κ3) is 2.26. The van der Waals surface area contributed by atoms with Gasteiger partial charge in [-0.05, 0) is 23.6 Å². The zero-order valence-corrected chi connectivity index (χ0v) is 11.1. The van der Waals surface area contributed by atoms with Gasteiger partial charge in [0.25, 0.3) is 0 Å². The molecule has 3 nitrogen and oxygen atoms in total. The van der Waals surface area contributed by atoms with E-state index in [0.717, 1.165) is 16.8 Å². The van der Waals surface area contributed by atoms with E-state index in [9.17, 15) is 0 Å². The lowest BCUT2D eigenvalue weighted by atomic mass is 9.99. The van der Waals surface area contributed by atoms with Gasteiger partial charge in [-0.15, -0.1) is 0 Å². The number of nitrogens with two attached hydrogens (primary N) is 1. The molecule has 5 heteroatoms. The maximum atomic E-state index is 6.01. The van der Waals surface area contributed by atoms with Crippen LogP contribution in [0.2, 0.25) is 10.0 Å². The van der Waals surface area contributed by atoms with Crippen LogP contribution in [0.3, 0.4) is 0 Å². The molecule has 1 aromatic heterocycles. The monoisotopic (exact) mass is 269 g/mol. The molecule has 0 saturated heterocycles. The van der Waals surface area contributed by atoms with Gasteiger partial charge in [-0.1, -0.05) is 43.1 Å². The fraction of sp³-hybridized carbons (Fsp3) is 0.250. The minimum absolute atomic E-state index is 0.309. The predicted molar refractivity (Wildman–Crippen MR) is 72.5 cm³/mol. The van der Waals surface area contributed by atoms with Crippen molar-refractivity contribution in [2.75, 3.05) is 5.73 Å². The van der Waals surface area contributed by atoms with Crippen molar-refractivity contribution in [3.8, 4) is 11.1 Å². The minimum Gasteiger partial charge on any atom is -0.382 e. The fourth-order valence-electron chi connectivity index (χ4n) is 1.74. The first-order chi connectivity index (χ1) is 8.00. The third-order valence-corrected chi connectivity index (χ3v) is 3.35. The number of H-pyrrole nitrogens is 1. The Morgan fingerprint density at radius 3 is 2.53 bits per heavy atom. The quantitative estimate of drug-likeness (QED) is 0.863. The Kier molecular flexibility index (Phi) is 3.31. The molecule has 0 saturated carbocycles. The highest BCUT2D eigenvalue weighted by atomic mass is 35.5. The van der Waals surface area contributed by atoms with Gasteiger partial charge in [0, 0.05) is 11.3 Å². The molecule has 0 atom stereocenters. The number of nitrogens with one attached hydrogen (secondary N) is 1. The Bertz CT molecular complexity index is 547. The van der Waals surface area contributed by atoms with Gasteiger partial charge in [-0.2, -0.15) is 5.10 Å². The normalized spacial score (nSPS) is 11.1. The number of aromatic amines is 1. The zero-order valence-electron chi connectivity index (χ0n) is 9.59. The number of nitrogen functional groups attached to an aromatic ring is 1. The lowest BCUT2D eigenvalue weighted by Crippen LogP contribution is -1.93. The van der Waals surface area contributed by atoms with Crippen molar-refractivity contribution in [1.82, 2.24) is 10.2 Å². The van der Waals surface area contributed by atoms with Crippen LogP contribution < -0.4 is 5.73 Å². The molecular formula is C12H13Cl2N3. The predicted octanol–water partition coefficient (Wildman–Crippen LogP) is 4.09. The van der Waals surface area contributed by atoms with E-state index in [-0.39, 0.29) is 0 Å². The maximum Gasteiger partial charge on any atom is 0.153 e. The fourth-order valence-corrected chi connectivity index (χ4v) is 2.04. The van der Waals surface area contributed by atoms with E-state index in [2.05, 4.69) is 24.0 Å². The molecule has 0 aliphatic heterocycles. The van der Waals surface area contributed by atoms with Crippen LogP contribution in [-0.2, 0) is 0 Å². The first kappa shape index (κ1) is 12.3. The molecule has 0 radical (unpaired) electrons. The van der Waals surface area contributed by atoms with Gasteiger partial charge >= 0.3 is 0 Å². The van der Waals surface area contributed by atoms with E-state index in [1.54, 1.807) is 12.1 Å². The number of nitrogens with zero attached hydrogens (tertiary/aromatic N) is 1. The number of halogens is 2. The van der Waals surface area contributed by atoms with Crippen LogP contribution >= 0.6 is 23.2 Å². The Morgan fingerprint density at radius 1 is 1.24 bits per heavy atom. The number of hydrogen-bond acceptors (Lipinski definition) is 2. The molecule has 0 amide bonds. The number of rotatable bonds is 2. The second-order valence-electron chi connectivity index (χ2n) is 4.18. The third-order valence-electron chi connectivity index (χ3n) is 2.61. The molecule has 2 rings (SSSR count).